The first-order valence-corrected chi connectivity index (χ1v) is 26.1. The number of aromatic nitrogens is 2. The summed E-state index contributed by atoms with van der Waals surface area (Å²) >= 11 is 0. The van der Waals surface area contributed by atoms with Gasteiger partial charge in [-0.3, -0.25) is 4.98 Å². The lowest BCUT2D eigenvalue weighted by Gasteiger charge is -2.51. The fraction of sp³-hybridized carbons (Fsp3) is 0.490. The molecule has 5 aromatic rings. The van der Waals surface area contributed by atoms with Gasteiger partial charge in [-0.15, -0.1) is 0 Å². The summed E-state index contributed by atoms with van der Waals surface area (Å²) in [6.45, 7) is 15.4. The lowest BCUT2D eigenvalue weighted by Crippen LogP contribution is -2.65. The molecule has 0 unspecified atom stereocenters. The van der Waals surface area contributed by atoms with Crippen LogP contribution in [0.1, 0.15) is 77.5 Å². The van der Waals surface area contributed by atoms with Crippen LogP contribution in [0.3, 0.4) is 0 Å². The number of azide groups is 1. The number of hydrogen-bond acceptors (Lipinski definition) is 10. The summed E-state index contributed by atoms with van der Waals surface area (Å²) < 4.78 is 71.2. The molecule has 5 atom stereocenters. The molecular formula is C49H65N5O8SSi. The van der Waals surface area contributed by atoms with Crippen molar-refractivity contribution < 1.29 is 36.5 Å². The maximum Gasteiger partial charge on any atom is 0.268 e. The predicted octanol–water partition coefficient (Wildman–Crippen LogP) is 10.8. The van der Waals surface area contributed by atoms with Gasteiger partial charge in [0.1, 0.15) is 24.4 Å². The van der Waals surface area contributed by atoms with Crippen LogP contribution in [0.5, 0.6) is 0 Å². The minimum atomic E-state index is -3.87. The molecule has 1 aliphatic heterocycles. The van der Waals surface area contributed by atoms with E-state index in [0.29, 0.717) is 31.7 Å². The van der Waals surface area contributed by atoms with Crippen LogP contribution in [0.4, 0.5) is 0 Å². The molecule has 3 heterocycles. The van der Waals surface area contributed by atoms with E-state index in [9.17, 15) is 8.42 Å². The molecule has 1 aliphatic rings. The average Bonchev–Trinajstić information content (AvgIpc) is 3.68. The topological polar surface area (TPSA) is 156 Å². The summed E-state index contributed by atoms with van der Waals surface area (Å²) in [5.41, 5.74) is 12.7. The average molecular weight is 912 g/mol. The predicted molar refractivity (Wildman–Crippen MR) is 252 cm³/mol. The third-order valence-corrected chi connectivity index (χ3v) is 20.0. The van der Waals surface area contributed by atoms with Crippen LogP contribution in [0.2, 0.25) is 16.6 Å². The van der Waals surface area contributed by atoms with E-state index in [1.165, 1.54) is 3.97 Å². The van der Waals surface area contributed by atoms with Crippen LogP contribution in [0, 0.1) is 0 Å². The number of fused-ring (bicyclic) bond motifs is 1. The van der Waals surface area contributed by atoms with Crippen molar-refractivity contribution in [2.24, 2.45) is 5.11 Å². The Morgan fingerprint density at radius 1 is 0.766 bits per heavy atom. The van der Waals surface area contributed by atoms with Gasteiger partial charge in [0, 0.05) is 42.0 Å². The molecule has 0 bridgehead atoms. The number of nitrogens with zero attached hydrogens (tertiary/aromatic N) is 5. The molecule has 3 aromatic carbocycles. The van der Waals surface area contributed by atoms with E-state index in [4.69, 9.17) is 33.6 Å². The molecular weight excluding hydrogens is 847 g/mol. The second kappa shape index (κ2) is 23.7. The summed E-state index contributed by atoms with van der Waals surface area (Å²) in [5.74, 6) is 0. The molecule has 64 heavy (non-hydrogen) atoms. The SMILES string of the molecule is CC(C)[Si](O[C@H]1[C@H](OCCc2cn(S(=O)(=O)c3ccccc3)c3ccccc23)O[C@H](COCCCCCN=[N+]=[N-])[C@@H](OCc2cccnc2)[C@@H]1OCc1ccccc1)(C(C)C)C(C)C. The number of pyridine rings is 1. The summed E-state index contributed by atoms with van der Waals surface area (Å²) in [5, 5.41) is 4.48. The summed E-state index contributed by atoms with van der Waals surface area (Å²) in [7, 11) is -6.49. The number of unbranched alkanes of at least 4 members (excludes halogenated alkanes) is 2. The third kappa shape index (κ3) is 12.1. The molecule has 344 valence electrons. The minimum absolute atomic E-state index is 0.203. The summed E-state index contributed by atoms with van der Waals surface area (Å²) in [4.78, 5) is 7.41. The molecule has 6 rings (SSSR count). The number of ether oxygens (including phenoxy) is 5. The fourth-order valence-corrected chi connectivity index (χ4v) is 16.1. The van der Waals surface area contributed by atoms with Gasteiger partial charge in [0.05, 0.1) is 36.8 Å². The van der Waals surface area contributed by atoms with Crippen molar-refractivity contribution in [3.8, 4) is 0 Å². The van der Waals surface area contributed by atoms with Crippen LogP contribution < -0.4 is 0 Å². The highest BCUT2D eigenvalue weighted by Gasteiger charge is 2.55. The maximum atomic E-state index is 14.0. The van der Waals surface area contributed by atoms with E-state index in [1.54, 1.807) is 48.9 Å². The molecule has 0 saturated carbocycles. The Labute approximate surface area is 380 Å². The fourth-order valence-electron chi connectivity index (χ4n) is 9.16. The Hall–Kier alpha value is -4.41. The number of benzene rings is 3. The van der Waals surface area contributed by atoms with Gasteiger partial charge in [-0.1, -0.05) is 126 Å². The van der Waals surface area contributed by atoms with Crippen molar-refractivity contribution in [3.63, 3.8) is 0 Å². The normalized spacial score (nSPS) is 19.4. The van der Waals surface area contributed by atoms with Crippen molar-refractivity contribution in [1.29, 1.82) is 0 Å². The van der Waals surface area contributed by atoms with Gasteiger partial charge in [-0.2, -0.15) is 0 Å². The number of rotatable bonds is 25. The molecule has 0 N–H and O–H groups in total. The van der Waals surface area contributed by atoms with Gasteiger partial charge in [0.15, 0.2) is 6.29 Å². The van der Waals surface area contributed by atoms with E-state index in [2.05, 4.69) is 56.6 Å². The van der Waals surface area contributed by atoms with E-state index in [-0.39, 0.29) is 41.3 Å². The van der Waals surface area contributed by atoms with E-state index in [0.717, 1.165) is 41.3 Å². The molecule has 15 heteroatoms. The zero-order valence-corrected chi connectivity index (χ0v) is 39.9. The lowest BCUT2D eigenvalue weighted by atomic mass is 9.98. The van der Waals surface area contributed by atoms with E-state index < -0.39 is 49.0 Å². The monoisotopic (exact) mass is 911 g/mol. The molecule has 1 saturated heterocycles. The van der Waals surface area contributed by atoms with Crippen molar-refractivity contribution >= 4 is 29.2 Å². The van der Waals surface area contributed by atoms with Gasteiger partial charge in [0.2, 0.25) is 8.32 Å². The zero-order valence-electron chi connectivity index (χ0n) is 38.1. The van der Waals surface area contributed by atoms with Crippen LogP contribution in [-0.4, -0.2) is 82.8 Å². The van der Waals surface area contributed by atoms with Crippen molar-refractivity contribution in [3.05, 3.63) is 143 Å². The Morgan fingerprint density at radius 3 is 2.11 bits per heavy atom. The third-order valence-electron chi connectivity index (χ3n) is 12.2. The summed E-state index contributed by atoms with van der Waals surface area (Å²) in [6.07, 6.45) is 4.58. The number of para-hydroxylation sites is 1. The molecule has 0 spiro atoms. The first-order valence-electron chi connectivity index (χ1n) is 22.6. The van der Waals surface area contributed by atoms with Crippen molar-refractivity contribution in [2.45, 2.75) is 133 Å². The summed E-state index contributed by atoms with van der Waals surface area (Å²) in [6, 6.07) is 29.9. The van der Waals surface area contributed by atoms with Crippen molar-refractivity contribution in [1.82, 2.24) is 8.96 Å². The highest BCUT2D eigenvalue weighted by molar-refractivity contribution is 7.90. The quantitative estimate of drug-likeness (QED) is 0.0183. The Balaban J connectivity index is 1.36. The van der Waals surface area contributed by atoms with Gasteiger partial charge in [-0.05, 0) is 82.4 Å². The molecule has 2 aromatic heterocycles. The highest BCUT2D eigenvalue weighted by atomic mass is 32.2. The van der Waals surface area contributed by atoms with Gasteiger partial charge in [0.25, 0.3) is 10.0 Å². The largest absolute Gasteiger partial charge is 0.405 e. The van der Waals surface area contributed by atoms with E-state index >= 15 is 0 Å². The van der Waals surface area contributed by atoms with Gasteiger partial charge < -0.3 is 28.1 Å². The molecule has 0 radical (unpaired) electrons. The van der Waals surface area contributed by atoms with Crippen LogP contribution in [0.15, 0.2) is 126 Å². The van der Waals surface area contributed by atoms with Crippen molar-refractivity contribution in [2.75, 3.05) is 26.4 Å². The molecule has 1 fully saturated rings. The number of hydrogen-bond donors (Lipinski definition) is 0. The lowest BCUT2D eigenvalue weighted by molar-refractivity contribution is -0.315. The first-order chi connectivity index (χ1) is 31.0. The standard InChI is InChI=1S/C49H65N5O8SSi/c1-36(2)64(37(3)4,38(5)6)62-48-47(60-33-39-19-10-7-11-20-39)46(59-34-40-21-18-27-51-31-40)45(35-57-29-17-9-16-28-52-53-50)61-49(48)58-30-26-41-32-54(44-25-15-14-24-43(41)44)63(55,56)42-22-12-8-13-23-42/h7-8,10-15,18-25,27,31-32,36-38,45-49H,9,16-17,26,28-30,33-35H2,1-6H3/t45-,46-,47+,48-,49-/m1/s1. The second-order valence-corrected chi connectivity index (χ2v) is 24.6. The van der Waals surface area contributed by atoms with Crippen LogP contribution in [-0.2, 0) is 57.8 Å². The Bertz CT molecular complexity index is 2310. The smallest absolute Gasteiger partial charge is 0.268 e. The van der Waals surface area contributed by atoms with Crippen LogP contribution in [0.25, 0.3) is 21.3 Å². The van der Waals surface area contributed by atoms with E-state index in [1.807, 2.05) is 66.7 Å². The highest BCUT2D eigenvalue weighted by Crippen LogP contribution is 2.45. The Kier molecular flexibility index (Phi) is 18.1. The molecule has 0 amide bonds. The van der Waals surface area contributed by atoms with Gasteiger partial charge >= 0.3 is 0 Å². The molecule has 0 aliphatic carbocycles. The first kappa shape index (κ1) is 49.0. The zero-order chi connectivity index (χ0) is 45.5. The molecule has 13 nitrogen and oxygen atoms in total. The Morgan fingerprint density at radius 2 is 1.42 bits per heavy atom. The maximum absolute atomic E-state index is 14.0. The van der Waals surface area contributed by atoms with Crippen LogP contribution >= 0.6 is 0 Å². The van der Waals surface area contributed by atoms with Gasteiger partial charge in [-0.25, -0.2) is 12.4 Å². The minimum Gasteiger partial charge on any atom is -0.405 e. The second-order valence-electron chi connectivity index (χ2n) is 17.3.